The van der Waals surface area contributed by atoms with Gasteiger partial charge in [-0.05, 0) is 30.3 Å². The van der Waals surface area contributed by atoms with Crippen LogP contribution >= 0.6 is 0 Å². The lowest BCUT2D eigenvalue weighted by atomic mass is 10.1. The van der Waals surface area contributed by atoms with Crippen molar-refractivity contribution in [3.05, 3.63) is 83.4 Å². The lowest BCUT2D eigenvalue weighted by Crippen LogP contribution is -2.38. The Morgan fingerprint density at radius 3 is 2.52 bits per heavy atom. The molecule has 0 unspecified atom stereocenters. The fourth-order valence-corrected chi connectivity index (χ4v) is 3.32. The molecule has 4 N–H and O–H groups in total. The Hall–Kier alpha value is -3.61. The van der Waals surface area contributed by atoms with Crippen LogP contribution in [0.15, 0.2) is 71.0 Å². The molecule has 0 aliphatic heterocycles. The first-order chi connectivity index (χ1) is 13.1. The summed E-state index contributed by atoms with van der Waals surface area (Å²) in [6.45, 7) is 0.275. The number of benzene rings is 3. The molecular weight excluding hydrogens is 348 g/mol. The number of halogens is 2. The topological polar surface area (TPSA) is 81.3 Å². The number of fused-ring (bicyclic) bond motifs is 3. The van der Waals surface area contributed by atoms with Gasteiger partial charge in [-0.3, -0.25) is 11.3 Å². The zero-order chi connectivity index (χ0) is 19.0. The number of hydrogen-bond acceptors (Lipinski definition) is 1. The summed E-state index contributed by atoms with van der Waals surface area (Å²) in [7, 11) is 0. The van der Waals surface area contributed by atoms with Gasteiger partial charge in [0, 0.05) is 38.7 Å². The zero-order valence-corrected chi connectivity index (χ0v) is 14.2. The SMILES string of the molecule is NN=NC(=[NH2+])c1ccc2c(c1)c1ccccc1n2Cc1ccc(F)cc1F. The van der Waals surface area contributed by atoms with Crippen LogP contribution < -0.4 is 11.3 Å². The van der Waals surface area contributed by atoms with E-state index in [0.717, 1.165) is 27.9 Å². The molecule has 4 aromatic rings. The van der Waals surface area contributed by atoms with Crippen LogP contribution in [0.3, 0.4) is 0 Å². The Kier molecular flexibility index (Phi) is 4.12. The molecule has 0 radical (unpaired) electrons. The Balaban J connectivity index is 1.92. The maximum atomic E-state index is 14.2. The van der Waals surface area contributed by atoms with Gasteiger partial charge < -0.3 is 4.57 Å². The minimum Gasteiger partial charge on any atom is -0.336 e. The highest BCUT2D eigenvalue weighted by molar-refractivity contribution is 6.10. The van der Waals surface area contributed by atoms with E-state index in [1.54, 1.807) is 0 Å². The fourth-order valence-electron chi connectivity index (χ4n) is 3.32. The van der Waals surface area contributed by atoms with Crippen molar-refractivity contribution in [1.82, 2.24) is 4.57 Å². The molecule has 1 aromatic heterocycles. The average Bonchev–Trinajstić information content (AvgIpc) is 2.97. The molecule has 4 rings (SSSR count). The van der Waals surface area contributed by atoms with Crippen LogP contribution in [0.25, 0.3) is 21.8 Å². The van der Waals surface area contributed by atoms with Gasteiger partial charge in [0.15, 0.2) is 0 Å². The van der Waals surface area contributed by atoms with Crippen LogP contribution in [0, 0.1) is 11.6 Å². The molecule has 0 spiro atoms. The molecule has 0 amide bonds. The molecule has 0 fully saturated rings. The zero-order valence-electron chi connectivity index (χ0n) is 14.2. The van der Waals surface area contributed by atoms with Crippen LogP contribution in [-0.2, 0) is 6.54 Å². The molecule has 3 aromatic carbocycles. The van der Waals surface area contributed by atoms with Crippen LogP contribution in [0.5, 0.6) is 0 Å². The van der Waals surface area contributed by atoms with Gasteiger partial charge in [0.05, 0.1) is 17.2 Å². The molecule has 0 atom stereocenters. The van der Waals surface area contributed by atoms with E-state index in [1.165, 1.54) is 12.1 Å². The Morgan fingerprint density at radius 1 is 0.963 bits per heavy atom. The average molecular weight is 364 g/mol. The van der Waals surface area contributed by atoms with Crippen LogP contribution in [0.1, 0.15) is 11.1 Å². The van der Waals surface area contributed by atoms with E-state index in [4.69, 9.17) is 11.3 Å². The van der Waals surface area contributed by atoms with Crippen LogP contribution in [0.4, 0.5) is 8.78 Å². The van der Waals surface area contributed by atoms with E-state index < -0.39 is 11.6 Å². The summed E-state index contributed by atoms with van der Waals surface area (Å²) < 4.78 is 29.4. The Labute approximate surface area is 153 Å². The summed E-state index contributed by atoms with van der Waals surface area (Å²) in [6, 6.07) is 17.0. The second-order valence-electron chi connectivity index (χ2n) is 6.17. The van der Waals surface area contributed by atoms with E-state index in [0.29, 0.717) is 11.1 Å². The molecule has 0 aliphatic carbocycles. The van der Waals surface area contributed by atoms with Gasteiger partial charge in [0.25, 0.3) is 0 Å². The summed E-state index contributed by atoms with van der Waals surface area (Å²) in [5.41, 5.74) is 2.94. The molecule has 7 heteroatoms. The normalized spacial score (nSPS) is 11.6. The van der Waals surface area contributed by atoms with Gasteiger partial charge in [0.1, 0.15) is 11.6 Å². The van der Waals surface area contributed by atoms with Gasteiger partial charge in [-0.2, -0.15) is 0 Å². The first-order valence-electron chi connectivity index (χ1n) is 8.27. The number of nitrogens with zero attached hydrogens (tertiary/aromatic N) is 3. The van der Waals surface area contributed by atoms with Crippen molar-refractivity contribution in [2.45, 2.75) is 6.54 Å². The maximum Gasteiger partial charge on any atom is 0.350 e. The molecule has 5 nitrogen and oxygen atoms in total. The second kappa shape index (κ2) is 6.60. The number of aromatic nitrogens is 1. The smallest absolute Gasteiger partial charge is 0.336 e. The summed E-state index contributed by atoms with van der Waals surface area (Å²) in [4.78, 5) is 0. The number of nitrogens with two attached hydrogens (primary N) is 2. The molecule has 27 heavy (non-hydrogen) atoms. The first-order valence-corrected chi connectivity index (χ1v) is 8.27. The lowest BCUT2D eigenvalue weighted by molar-refractivity contribution is -0.114. The van der Waals surface area contributed by atoms with Crippen molar-refractivity contribution in [2.24, 2.45) is 16.2 Å². The number of para-hydroxylation sites is 1. The summed E-state index contributed by atoms with van der Waals surface area (Å²) in [6.07, 6.45) is 0. The van der Waals surface area contributed by atoms with E-state index in [2.05, 4.69) is 10.3 Å². The predicted molar refractivity (Wildman–Crippen MR) is 100.0 cm³/mol. The maximum absolute atomic E-state index is 14.2. The van der Waals surface area contributed by atoms with Crippen molar-refractivity contribution < 1.29 is 14.2 Å². The van der Waals surface area contributed by atoms with Crippen molar-refractivity contribution in [1.29, 1.82) is 0 Å². The third-order valence-corrected chi connectivity index (χ3v) is 4.58. The molecule has 0 saturated heterocycles. The molecule has 0 saturated carbocycles. The number of amidine groups is 1. The third kappa shape index (κ3) is 2.93. The summed E-state index contributed by atoms with van der Waals surface area (Å²) in [5, 5.41) is 14.7. The third-order valence-electron chi connectivity index (χ3n) is 4.58. The summed E-state index contributed by atoms with van der Waals surface area (Å²) in [5.74, 6) is 4.12. The Bertz CT molecular complexity index is 1210. The first kappa shape index (κ1) is 16.8. The highest BCUT2D eigenvalue weighted by Gasteiger charge is 2.16. The van der Waals surface area contributed by atoms with Gasteiger partial charge in [-0.25, -0.2) is 8.78 Å². The largest absolute Gasteiger partial charge is 0.350 e. The van der Waals surface area contributed by atoms with E-state index in [9.17, 15) is 8.78 Å². The lowest BCUT2D eigenvalue weighted by Gasteiger charge is -2.09. The van der Waals surface area contributed by atoms with E-state index in [-0.39, 0.29) is 12.4 Å². The van der Waals surface area contributed by atoms with Crippen LogP contribution in [-0.4, -0.2) is 10.4 Å². The molecule has 1 heterocycles. The second-order valence-corrected chi connectivity index (χ2v) is 6.17. The monoisotopic (exact) mass is 364 g/mol. The summed E-state index contributed by atoms with van der Waals surface area (Å²) >= 11 is 0. The molecule has 0 bridgehead atoms. The predicted octanol–water partition coefficient (Wildman–Crippen LogP) is 2.95. The van der Waals surface area contributed by atoms with Crippen molar-refractivity contribution in [3.63, 3.8) is 0 Å². The standard InChI is InChI=1S/C20H15F2N5/c21-14-7-5-13(17(22)10-14)11-27-18-4-2-1-3-15(18)16-9-12(6-8-19(16)27)20(23)25-26-24/h1-10H,11H2,(H3,23,24,25)/p+1. The van der Waals surface area contributed by atoms with Gasteiger partial charge in [-0.15, -0.1) is 0 Å². The number of rotatable bonds is 3. The van der Waals surface area contributed by atoms with Gasteiger partial charge >= 0.3 is 5.84 Å². The highest BCUT2D eigenvalue weighted by Crippen LogP contribution is 2.31. The Morgan fingerprint density at radius 2 is 1.74 bits per heavy atom. The molecular formula is C20H16F2N5+. The van der Waals surface area contributed by atoms with Crippen LogP contribution in [0.2, 0.25) is 0 Å². The minimum atomic E-state index is -0.594. The quantitative estimate of drug-likeness (QED) is 0.189. The minimum absolute atomic E-state index is 0.209. The molecule has 0 aliphatic rings. The number of hydrogen-bond donors (Lipinski definition) is 2. The van der Waals surface area contributed by atoms with E-state index >= 15 is 0 Å². The van der Waals surface area contributed by atoms with Gasteiger partial charge in [0.2, 0.25) is 0 Å². The van der Waals surface area contributed by atoms with Crippen molar-refractivity contribution in [3.8, 4) is 0 Å². The molecule has 134 valence electrons. The highest BCUT2D eigenvalue weighted by atomic mass is 19.1. The van der Waals surface area contributed by atoms with E-state index in [1.807, 2.05) is 47.0 Å². The van der Waals surface area contributed by atoms with Crippen molar-refractivity contribution in [2.75, 3.05) is 0 Å². The van der Waals surface area contributed by atoms with Gasteiger partial charge in [-0.1, -0.05) is 24.3 Å². The van der Waals surface area contributed by atoms with Crippen molar-refractivity contribution >= 4 is 27.6 Å². The fraction of sp³-hybridized carbons (Fsp3) is 0.0500.